The van der Waals surface area contributed by atoms with E-state index >= 15 is 0 Å². The van der Waals surface area contributed by atoms with Crippen molar-refractivity contribution in [1.82, 2.24) is 9.59 Å². The summed E-state index contributed by atoms with van der Waals surface area (Å²) in [4.78, 5) is 12.2. The van der Waals surface area contributed by atoms with Gasteiger partial charge in [-0.3, -0.25) is 4.79 Å². The van der Waals surface area contributed by atoms with Crippen molar-refractivity contribution in [2.45, 2.75) is 26.7 Å². The Labute approximate surface area is 157 Å². The number of carbonyl (C=O) groups is 1. The number of aryl methyl sites for hydroxylation is 1. The molecule has 3 aromatic rings. The average Bonchev–Trinajstić information content (AvgIpc) is 3.16. The van der Waals surface area contributed by atoms with Crippen LogP contribution in [0.1, 0.15) is 30.9 Å². The molecule has 1 N–H and O–H groups in total. The summed E-state index contributed by atoms with van der Waals surface area (Å²) in [6.45, 7) is 6.21. The number of amides is 1. The van der Waals surface area contributed by atoms with Crippen LogP contribution < -0.4 is 10.1 Å². The normalized spacial score (nSPS) is 10.8. The van der Waals surface area contributed by atoms with Gasteiger partial charge in [-0.05, 0) is 53.7 Å². The zero-order valence-corrected chi connectivity index (χ0v) is 15.8. The molecular weight excluding hydrogens is 346 g/mol. The highest BCUT2D eigenvalue weighted by Gasteiger charge is 2.08. The second-order valence-corrected chi connectivity index (χ2v) is 6.99. The van der Waals surface area contributed by atoms with E-state index in [1.165, 1.54) is 17.1 Å². The molecule has 0 bridgehead atoms. The average molecular weight is 367 g/mol. The van der Waals surface area contributed by atoms with Crippen LogP contribution in [0.25, 0.3) is 11.3 Å². The van der Waals surface area contributed by atoms with Crippen molar-refractivity contribution in [3.63, 3.8) is 0 Å². The number of benzene rings is 2. The molecule has 0 spiro atoms. The van der Waals surface area contributed by atoms with E-state index < -0.39 is 0 Å². The van der Waals surface area contributed by atoms with E-state index in [9.17, 15) is 4.79 Å². The fraction of sp³-hybridized carbons (Fsp3) is 0.250. The molecule has 0 saturated carbocycles. The maximum atomic E-state index is 12.2. The predicted octanol–water partition coefficient (Wildman–Crippen LogP) is 4.65. The quantitative estimate of drug-likeness (QED) is 0.688. The number of anilines is 1. The zero-order chi connectivity index (χ0) is 18.5. The number of hydrogen-bond donors (Lipinski definition) is 1. The molecule has 26 heavy (non-hydrogen) atoms. The SMILES string of the molecule is Cc1ccc(C(C)C)cc1OCC(=O)Nc1ccc(-c2csnn2)cc1. The van der Waals surface area contributed by atoms with Crippen molar-refractivity contribution in [2.75, 3.05) is 11.9 Å². The summed E-state index contributed by atoms with van der Waals surface area (Å²) in [5, 5.41) is 8.76. The first-order valence-corrected chi connectivity index (χ1v) is 9.27. The van der Waals surface area contributed by atoms with Crippen LogP contribution in [0, 0.1) is 6.92 Å². The van der Waals surface area contributed by atoms with E-state index in [4.69, 9.17) is 4.74 Å². The number of hydrogen-bond acceptors (Lipinski definition) is 5. The molecular formula is C20H21N3O2S. The van der Waals surface area contributed by atoms with Gasteiger partial charge in [-0.25, -0.2) is 0 Å². The lowest BCUT2D eigenvalue weighted by Gasteiger charge is -2.13. The first-order chi connectivity index (χ1) is 12.5. The summed E-state index contributed by atoms with van der Waals surface area (Å²) in [5.74, 6) is 0.971. The Bertz CT molecular complexity index is 875. The van der Waals surface area contributed by atoms with Crippen molar-refractivity contribution in [2.24, 2.45) is 0 Å². The Morgan fingerprint density at radius 2 is 1.96 bits per heavy atom. The molecule has 0 aliphatic carbocycles. The third-order valence-corrected chi connectivity index (χ3v) is 4.57. The smallest absolute Gasteiger partial charge is 0.262 e. The summed E-state index contributed by atoms with van der Waals surface area (Å²) < 4.78 is 9.57. The van der Waals surface area contributed by atoms with Gasteiger partial charge in [0.25, 0.3) is 5.91 Å². The Morgan fingerprint density at radius 1 is 1.19 bits per heavy atom. The second-order valence-electron chi connectivity index (χ2n) is 6.38. The number of carbonyl (C=O) groups excluding carboxylic acids is 1. The predicted molar refractivity (Wildman–Crippen MR) is 105 cm³/mol. The summed E-state index contributed by atoms with van der Waals surface area (Å²) >= 11 is 1.31. The van der Waals surface area contributed by atoms with Crippen LogP contribution in [0.4, 0.5) is 5.69 Å². The fourth-order valence-corrected chi connectivity index (χ4v) is 2.95. The maximum Gasteiger partial charge on any atom is 0.262 e. The van der Waals surface area contributed by atoms with Crippen LogP contribution in [-0.4, -0.2) is 22.1 Å². The molecule has 134 valence electrons. The van der Waals surface area contributed by atoms with Crippen molar-refractivity contribution in [3.8, 4) is 17.0 Å². The molecule has 2 aromatic carbocycles. The number of rotatable bonds is 6. The molecule has 3 rings (SSSR count). The summed E-state index contributed by atoms with van der Waals surface area (Å²) in [7, 11) is 0. The van der Waals surface area contributed by atoms with E-state index in [1.54, 1.807) is 0 Å². The van der Waals surface area contributed by atoms with E-state index in [1.807, 2.05) is 48.7 Å². The van der Waals surface area contributed by atoms with Crippen LogP contribution in [0.2, 0.25) is 0 Å². The maximum absolute atomic E-state index is 12.2. The molecule has 0 unspecified atom stereocenters. The van der Waals surface area contributed by atoms with Gasteiger partial charge >= 0.3 is 0 Å². The van der Waals surface area contributed by atoms with Crippen molar-refractivity contribution >= 4 is 23.1 Å². The summed E-state index contributed by atoms with van der Waals surface area (Å²) in [6, 6.07) is 13.6. The van der Waals surface area contributed by atoms with Crippen LogP contribution in [-0.2, 0) is 4.79 Å². The lowest BCUT2D eigenvalue weighted by Crippen LogP contribution is -2.20. The van der Waals surface area contributed by atoms with Gasteiger partial charge in [0.05, 0.1) is 0 Å². The highest BCUT2D eigenvalue weighted by molar-refractivity contribution is 7.03. The molecule has 0 atom stereocenters. The highest BCUT2D eigenvalue weighted by atomic mass is 32.1. The van der Waals surface area contributed by atoms with Crippen LogP contribution in [0.15, 0.2) is 47.8 Å². The van der Waals surface area contributed by atoms with E-state index in [0.717, 1.165) is 28.3 Å². The Balaban J connectivity index is 1.58. The fourth-order valence-electron chi connectivity index (χ4n) is 2.49. The molecule has 5 nitrogen and oxygen atoms in total. The highest BCUT2D eigenvalue weighted by Crippen LogP contribution is 2.24. The molecule has 1 aromatic heterocycles. The van der Waals surface area contributed by atoms with Gasteiger partial charge in [-0.1, -0.05) is 42.6 Å². The first kappa shape index (κ1) is 18.1. The van der Waals surface area contributed by atoms with Crippen molar-refractivity contribution in [3.05, 3.63) is 59.0 Å². The molecule has 0 fully saturated rings. The minimum Gasteiger partial charge on any atom is -0.483 e. The Kier molecular flexibility index (Phi) is 5.63. The van der Waals surface area contributed by atoms with Gasteiger partial charge in [0.15, 0.2) is 6.61 Å². The monoisotopic (exact) mass is 367 g/mol. The standard InChI is InChI=1S/C20H21N3O2S/c1-13(2)16-5-4-14(3)19(10-16)25-11-20(24)21-17-8-6-15(7-9-17)18-12-26-23-22-18/h4-10,12-13H,11H2,1-3H3,(H,21,24). The third-order valence-electron chi connectivity index (χ3n) is 4.06. The van der Waals surface area contributed by atoms with Gasteiger partial charge in [0.2, 0.25) is 0 Å². The molecule has 1 amide bonds. The van der Waals surface area contributed by atoms with Crippen LogP contribution in [0.5, 0.6) is 5.75 Å². The van der Waals surface area contributed by atoms with Gasteiger partial charge < -0.3 is 10.1 Å². The van der Waals surface area contributed by atoms with E-state index in [-0.39, 0.29) is 12.5 Å². The van der Waals surface area contributed by atoms with Gasteiger partial charge in [-0.15, -0.1) is 5.10 Å². The largest absolute Gasteiger partial charge is 0.483 e. The second kappa shape index (κ2) is 8.10. The van der Waals surface area contributed by atoms with Gasteiger partial charge in [-0.2, -0.15) is 0 Å². The molecule has 0 radical (unpaired) electrons. The molecule has 6 heteroatoms. The van der Waals surface area contributed by atoms with Crippen molar-refractivity contribution < 1.29 is 9.53 Å². The first-order valence-electron chi connectivity index (χ1n) is 8.43. The zero-order valence-electron chi connectivity index (χ0n) is 15.0. The lowest BCUT2D eigenvalue weighted by molar-refractivity contribution is -0.118. The van der Waals surface area contributed by atoms with E-state index in [0.29, 0.717) is 5.92 Å². The Hall–Kier alpha value is -2.73. The lowest BCUT2D eigenvalue weighted by atomic mass is 10.0. The summed E-state index contributed by atoms with van der Waals surface area (Å²) in [5.41, 5.74) is 4.73. The molecule has 1 heterocycles. The molecule has 0 aliphatic heterocycles. The molecule has 0 aliphatic rings. The minimum atomic E-state index is -0.192. The minimum absolute atomic E-state index is 0.0276. The number of nitrogens with zero attached hydrogens (tertiary/aromatic N) is 2. The van der Waals surface area contributed by atoms with Crippen LogP contribution in [0.3, 0.4) is 0 Å². The van der Waals surface area contributed by atoms with E-state index in [2.05, 4.69) is 34.8 Å². The Morgan fingerprint density at radius 3 is 2.62 bits per heavy atom. The number of aromatic nitrogens is 2. The number of ether oxygens (including phenoxy) is 1. The van der Waals surface area contributed by atoms with Gasteiger partial charge in [0.1, 0.15) is 11.4 Å². The third kappa shape index (κ3) is 4.46. The van der Waals surface area contributed by atoms with Crippen molar-refractivity contribution in [1.29, 1.82) is 0 Å². The topological polar surface area (TPSA) is 64.1 Å². The summed E-state index contributed by atoms with van der Waals surface area (Å²) in [6.07, 6.45) is 0. The van der Waals surface area contributed by atoms with Crippen LogP contribution >= 0.6 is 11.5 Å². The van der Waals surface area contributed by atoms with Gasteiger partial charge in [0, 0.05) is 16.6 Å². The number of nitrogens with one attached hydrogen (secondary N) is 1. The molecule has 0 saturated heterocycles.